The lowest BCUT2D eigenvalue weighted by atomic mass is 10.1. The number of halogens is 1. The largest absolute Gasteiger partial charge is 0.493 e. The Bertz CT molecular complexity index is 1100. The van der Waals surface area contributed by atoms with Crippen molar-refractivity contribution in [1.29, 1.82) is 5.26 Å². The molecule has 2 aromatic carbocycles. The van der Waals surface area contributed by atoms with Gasteiger partial charge >= 0.3 is 0 Å². The van der Waals surface area contributed by atoms with Gasteiger partial charge in [-0.3, -0.25) is 4.79 Å². The van der Waals surface area contributed by atoms with Crippen molar-refractivity contribution in [3.05, 3.63) is 82.2 Å². The summed E-state index contributed by atoms with van der Waals surface area (Å²) in [7, 11) is 1.52. The molecule has 0 unspecified atom stereocenters. The predicted octanol–water partition coefficient (Wildman–Crippen LogP) is 4.73. The maximum atomic E-state index is 12.3. The van der Waals surface area contributed by atoms with E-state index in [9.17, 15) is 10.1 Å². The van der Waals surface area contributed by atoms with E-state index in [0.29, 0.717) is 36.0 Å². The monoisotopic (exact) mass is 496 g/mol. The van der Waals surface area contributed by atoms with Gasteiger partial charge in [0.25, 0.3) is 5.91 Å². The minimum atomic E-state index is -0.492. The first-order valence-electron chi connectivity index (χ1n) is 9.70. The normalized spacial score (nSPS) is 10.8. The first-order chi connectivity index (χ1) is 15.6. The molecule has 0 saturated carbocycles. The van der Waals surface area contributed by atoms with Crippen molar-refractivity contribution in [2.24, 2.45) is 0 Å². The fourth-order valence-electron chi connectivity index (χ4n) is 2.73. The quantitative estimate of drug-likeness (QED) is 0.247. The molecular weight excluding hydrogens is 476 g/mol. The second-order valence-electron chi connectivity index (χ2n) is 6.49. The topological polar surface area (TPSA) is 93.7 Å². The molecule has 0 fully saturated rings. The molecule has 1 N–H and O–H groups in total. The van der Waals surface area contributed by atoms with Gasteiger partial charge in [0.2, 0.25) is 0 Å². The number of amides is 1. The Morgan fingerprint density at radius 2 is 1.91 bits per heavy atom. The van der Waals surface area contributed by atoms with Gasteiger partial charge in [0.15, 0.2) is 11.5 Å². The van der Waals surface area contributed by atoms with Gasteiger partial charge < -0.3 is 23.9 Å². The summed E-state index contributed by atoms with van der Waals surface area (Å²) in [5.41, 5.74) is 0.597. The molecule has 0 radical (unpaired) electrons. The molecule has 0 aliphatic carbocycles. The van der Waals surface area contributed by atoms with Gasteiger partial charge in [0, 0.05) is 4.47 Å². The van der Waals surface area contributed by atoms with Crippen LogP contribution in [0.5, 0.6) is 17.2 Å². The van der Waals surface area contributed by atoms with Crippen molar-refractivity contribution in [2.45, 2.75) is 6.54 Å². The maximum Gasteiger partial charge on any atom is 0.262 e. The van der Waals surface area contributed by atoms with E-state index < -0.39 is 5.91 Å². The Labute approximate surface area is 194 Å². The minimum Gasteiger partial charge on any atom is -0.493 e. The number of methoxy groups -OCH3 is 1. The highest BCUT2D eigenvalue weighted by Gasteiger charge is 2.11. The van der Waals surface area contributed by atoms with E-state index in [1.807, 2.05) is 30.3 Å². The van der Waals surface area contributed by atoms with E-state index in [1.54, 1.807) is 30.3 Å². The van der Waals surface area contributed by atoms with E-state index in [0.717, 1.165) is 10.2 Å². The van der Waals surface area contributed by atoms with Crippen LogP contribution in [0.15, 0.2) is 75.3 Å². The summed E-state index contributed by atoms with van der Waals surface area (Å²) < 4.78 is 22.9. The Morgan fingerprint density at radius 3 is 2.59 bits per heavy atom. The first-order valence-corrected chi connectivity index (χ1v) is 10.5. The summed E-state index contributed by atoms with van der Waals surface area (Å²) in [6, 6.07) is 18.1. The number of carbonyl (C=O) groups is 1. The number of nitrogens with one attached hydrogen (secondary N) is 1. The minimum absolute atomic E-state index is 0.0322. The van der Waals surface area contributed by atoms with E-state index in [-0.39, 0.29) is 12.1 Å². The molecule has 0 saturated heterocycles. The fourth-order valence-corrected chi connectivity index (χ4v) is 2.99. The highest BCUT2D eigenvalue weighted by Crippen LogP contribution is 2.29. The third-order valence-electron chi connectivity index (χ3n) is 4.29. The molecule has 8 heteroatoms. The van der Waals surface area contributed by atoms with Gasteiger partial charge in [-0.25, -0.2) is 0 Å². The Hall–Kier alpha value is -3.70. The Balaban J connectivity index is 1.58. The molecule has 0 aliphatic rings. The third kappa shape index (κ3) is 6.65. The van der Waals surface area contributed by atoms with Gasteiger partial charge in [-0.15, -0.1) is 0 Å². The summed E-state index contributed by atoms with van der Waals surface area (Å²) in [5, 5.41) is 12.0. The van der Waals surface area contributed by atoms with Crippen LogP contribution in [0.4, 0.5) is 0 Å². The summed E-state index contributed by atoms with van der Waals surface area (Å²) in [5.74, 6) is 1.87. The maximum absolute atomic E-state index is 12.3. The number of nitriles is 1. The van der Waals surface area contributed by atoms with E-state index in [1.165, 1.54) is 19.4 Å². The number of hydrogen-bond donors (Lipinski definition) is 1. The van der Waals surface area contributed by atoms with Gasteiger partial charge in [0.1, 0.15) is 36.4 Å². The summed E-state index contributed by atoms with van der Waals surface area (Å²) in [4.78, 5) is 12.3. The lowest BCUT2D eigenvalue weighted by Gasteiger charge is -2.12. The highest BCUT2D eigenvalue weighted by molar-refractivity contribution is 9.10. The summed E-state index contributed by atoms with van der Waals surface area (Å²) in [6.45, 7) is 0.879. The van der Waals surface area contributed by atoms with Crippen LogP contribution in [0.3, 0.4) is 0 Å². The number of hydrogen-bond acceptors (Lipinski definition) is 6. The van der Waals surface area contributed by atoms with Crippen LogP contribution in [-0.4, -0.2) is 26.2 Å². The molecule has 7 nitrogen and oxygen atoms in total. The SMILES string of the molecule is COc1cc(C=C(C#N)C(=O)NCc2ccco2)ccc1OCCOc1ccc(Br)cc1. The molecule has 0 spiro atoms. The van der Waals surface area contributed by atoms with E-state index >= 15 is 0 Å². The van der Waals surface area contributed by atoms with E-state index in [2.05, 4.69) is 21.2 Å². The summed E-state index contributed by atoms with van der Waals surface area (Å²) >= 11 is 3.38. The van der Waals surface area contributed by atoms with Crippen molar-refractivity contribution in [1.82, 2.24) is 5.32 Å². The van der Waals surface area contributed by atoms with Crippen LogP contribution in [0, 0.1) is 11.3 Å². The molecule has 3 aromatic rings. The second-order valence-corrected chi connectivity index (χ2v) is 7.41. The Kier molecular flexibility index (Phi) is 8.35. The zero-order valence-electron chi connectivity index (χ0n) is 17.3. The van der Waals surface area contributed by atoms with Crippen molar-refractivity contribution in [3.8, 4) is 23.3 Å². The molecular formula is C24H21BrN2O5. The molecule has 32 heavy (non-hydrogen) atoms. The van der Waals surface area contributed by atoms with Crippen LogP contribution >= 0.6 is 15.9 Å². The van der Waals surface area contributed by atoms with Gasteiger partial charge in [0.05, 0.1) is 19.9 Å². The zero-order valence-corrected chi connectivity index (χ0v) is 18.9. The number of carbonyl (C=O) groups excluding carboxylic acids is 1. The number of benzene rings is 2. The molecule has 164 valence electrons. The highest BCUT2D eigenvalue weighted by atomic mass is 79.9. The molecule has 0 bridgehead atoms. The molecule has 0 atom stereocenters. The lowest BCUT2D eigenvalue weighted by molar-refractivity contribution is -0.117. The molecule has 1 aromatic heterocycles. The first kappa shape index (κ1) is 23.0. The smallest absolute Gasteiger partial charge is 0.262 e. The molecule has 3 rings (SSSR count). The summed E-state index contributed by atoms with van der Waals surface area (Å²) in [6.07, 6.45) is 3.01. The van der Waals surface area contributed by atoms with Crippen molar-refractivity contribution in [3.63, 3.8) is 0 Å². The average molecular weight is 497 g/mol. The van der Waals surface area contributed by atoms with Gasteiger partial charge in [-0.1, -0.05) is 22.0 Å². The van der Waals surface area contributed by atoms with Gasteiger partial charge in [-0.2, -0.15) is 5.26 Å². The standard InChI is InChI=1S/C24H21BrN2O5/c1-29-23-14-17(13-18(15-26)24(28)27-16-21-3-2-10-30-21)4-9-22(23)32-12-11-31-20-7-5-19(25)6-8-20/h2-10,13-14H,11-12,16H2,1H3,(H,27,28). The average Bonchev–Trinajstić information content (AvgIpc) is 3.34. The molecule has 1 heterocycles. The number of rotatable bonds is 10. The lowest BCUT2D eigenvalue weighted by Crippen LogP contribution is -2.23. The molecule has 1 amide bonds. The second kappa shape index (κ2) is 11.6. The number of furan rings is 1. The number of ether oxygens (including phenoxy) is 3. The van der Waals surface area contributed by atoms with Crippen LogP contribution in [0.25, 0.3) is 6.08 Å². The van der Waals surface area contributed by atoms with Gasteiger partial charge in [-0.05, 0) is 60.2 Å². The molecule has 0 aliphatic heterocycles. The van der Waals surface area contributed by atoms with Crippen molar-refractivity contribution in [2.75, 3.05) is 20.3 Å². The van der Waals surface area contributed by atoms with Crippen LogP contribution < -0.4 is 19.5 Å². The predicted molar refractivity (Wildman–Crippen MR) is 122 cm³/mol. The van der Waals surface area contributed by atoms with Crippen molar-refractivity contribution >= 4 is 27.9 Å². The van der Waals surface area contributed by atoms with Crippen LogP contribution in [-0.2, 0) is 11.3 Å². The fraction of sp³-hybridized carbons (Fsp3) is 0.167. The Morgan fingerprint density at radius 1 is 1.12 bits per heavy atom. The van der Waals surface area contributed by atoms with Crippen molar-refractivity contribution < 1.29 is 23.4 Å². The number of nitrogens with zero attached hydrogens (tertiary/aromatic N) is 1. The third-order valence-corrected chi connectivity index (χ3v) is 4.82. The zero-order chi connectivity index (χ0) is 22.8. The van der Waals surface area contributed by atoms with E-state index in [4.69, 9.17) is 18.6 Å². The van der Waals surface area contributed by atoms with Crippen LogP contribution in [0.2, 0.25) is 0 Å². The van der Waals surface area contributed by atoms with Crippen LogP contribution in [0.1, 0.15) is 11.3 Å².